The number of hydrogen-bond acceptors (Lipinski definition) is 2. The van der Waals surface area contributed by atoms with Crippen molar-refractivity contribution in [1.29, 1.82) is 0 Å². The Bertz CT molecular complexity index is 391. The van der Waals surface area contributed by atoms with E-state index in [-0.39, 0.29) is 11.7 Å². The zero-order valence-electron chi connectivity index (χ0n) is 10.3. The summed E-state index contributed by atoms with van der Waals surface area (Å²) >= 11 is 5.73. The number of pyridine rings is 1. The topological polar surface area (TPSA) is 30.0 Å². The van der Waals surface area contributed by atoms with E-state index in [2.05, 4.69) is 18.8 Å². The highest BCUT2D eigenvalue weighted by atomic mass is 35.5. The van der Waals surface area contributed by atoms with Crippen molar-refractivity contribution in [3.8, 4) is 0 Å². The van der Waals surface area contributed by atoms with Crippen LogP contribution in [0.3, 0.4) is 0 Å². The van der Waals surface area contributed by atoms with Crippen LogP contribution in [-0.2, 0) is 0 Å². The molecule has 0 bridgehead atoms. The highest BCUT2D eigenvalue weighted by Crippen LogP contribution is 2.34. The molecule has 1 aromatic heterocycles. The van der Waals surface area contributed by atoms with Crippen molar-refractivity contribution in [1.82, 2.24) is 4.98 Å². The van der Waals surface area contributed by atoms with Gasteiger partial charge in [-0.25, -0.2) is 4.98 Å². The van der Waals surface area contributed by atoms with E-state index >= 15 is 0 Å². The summed E-state index contributed by atoms with van der Waals surface area (Å²) in [5.41, 5.74) is 0.695. The van der Waals surface area contributed by atoms with Gasteiger partial charge in [-0.2, -0.15) is 0 Å². The lowest BCUT2D eigenvalue weighted by Gasteiger charge is -2.30. The average Bonchev–Trinajstić information content (AvgIpc) is 2.28. The molecule has 1 heterocycles. The number of nitrogens with zero attached hydrogens (tertiary/aromatic N) is 1. The summed E-state index contributed by atoms with van der Waals surface area (Å²) in [6, 6.07) is 3.46. The second-order valence-electron chi connectivity index (χ2n) is 5.35. The maximum atomic E-state index is 12.3. The largest absolute Gasteiger partial charge is 0.294 e. The van der Waals surface area contributed by atoms with E-state index in [0.717, 1.165) is 12.8 Å². The first-order valence-electron chi connectivity index (χ1n) is 6.22. The zero-order valence-corrected chi connectivity index (χ0v) is 11.1. The molecule has 1 aromatic rings. The van der Waals surface area contributed by atoms with Crippen LogP contribution in [0.2, 0.25) is 5.15 Å². The van der Waals surface area contributed by atoms with Crippen molar-refractivity contribution in [2.45, 2.75) is 33.1 Å². The van der Waals surface area contributed by atoms with E-state index in [1.54, 1.807) is 18.3 Å². The molecule has 0 saturated heterocycles. The standard InChI is InChI=1S/C14H18ClNO/c1-9-5-10(2)7-12(6-9)14(17)11-3-4-13(15)16-8-11/h3-4,8-10,12H,5-7H2,1-2H3. The minimum absolute atomic E-state index is 0.164. The first-order valence-corrected chi connectivity index (χ1v) is 6.60. The Balaban J connectivity index is 2.11. The molecule has 0 amide bonds. The second-order valence-corrected chi connectivity index (χ2v) is 5.74. The maximum Gasteiger partial charge on any atom is 0.167 e. The molecule has 2 atom stereocenters. The first-order chi connectivity index (χ1) is 8.06. The van der Waals surface area contributed by atoms with Gasteiger partial charge in [-0.3, -0.25) is 4.79 Å². The molecule has 0 radical (unpaired) electrons. The zero-order chi connectivity index (χ0) is 12.4. The molecule has 2 nitrogen and oxygen atoms in total. The van der Waals surface area contributed by atoms with Gasteiger partial charge in [-0.15, -0.1) is 0 Å². The van der Waals surface area contributed by atoms with Crippen LogP contribution in [0.4, 0.5) is 0 Å². The highest BCUT2D eigenvalue weighted by molar-refractivity contribution is 6.29. The third kappa shape index (κ3) is 3.06. The molecular weight excluding hydrogens is 234 g/mol. The number of carbonyl (C=O) groups excluding carboxylic acids is 1. The summed E-state index contributed by atoms with van der Waals surface area (Å²) in [5.74, 6) is 1.69. The summed E-state index contributed by atoms with van der Waals surface area (Å²) in [4.78, 5) is 16.3. The third-order valence-electron chi connectivity index (χ3n) is 3.56. The predicted octanol–water partition coefficient (Wildman–Crippen LogP) is 3.99. The number of rotatable bonds is 2. The van der Waals surface area contributed by atoms with Crippen molar-refractivity contribution in [2.24, 2.45) is 17.8 Å². The van der Waals surface area contributed by atoms with Gasteiger partial charge in [0.1, 0.15) is 5.15 Å². The van der Waals surface area contributed by atoms with Gasteiger partial charge in [-0.1, -0.05) is 25.4 Å². The van der Waals surface area contributed by atoms with Gasteiger partial charge in [0.2, 0.25) is 0 Å². The number of Topliss-reactive ketones (excluding diaryl/α,β-unsaturated/α-hetero) is 1. The Morgan fingerprint density at radius 1 is 1.24 bits per heavy atom. The Kier molecular flexibility index (Phi) is 3.82. The minimum atomic E-state index is 0.164. The van der Waals surface area contributed by atoms with Crippen LogP contribution < -0.4 is 0 Å². The second kappa shape index (κ2) is 5.18. The average molecular weight is 252 g/mol. The van der Waals surface area contributed by atoms with E-state index < -0.39 is 0 Å². The molecular formula is C14H18ClNO. The number of hydrogen-bond donors (Lipinski definition) is 0. The van der Waals surface area contributed by atoms with Crippen LogP contribution in [-0.4, -0.2) is 10.8 Å². The smallest absolute Gasteiger partial charge is 0.167 e. The van der Waals surface area contributed by atoms with Gasteiger partial charge in [0.05, 0.1) is 0 Å². The molecule has 1 fully saturated rings. The minimum Gasteiger partial charge on any atom is -0.294 e. The Hall–Kier alpha value is -0.890. The van der Waals surface area contributed by atoms with Gasteiger partial charge in [-0.05, 0) is 43.2 Å². The van der Waals surface area contributed by atoms with Crippen molar-refractivity contribution < 1.29 is 4.79 Å². The van der Waals surface area contributed by atoms with E-state index in [1.807, 2.05) is 0 Å². The fourth-order valence-electron chi connectivity index (χ4n) is 2.92. The fourth-order valence-corrected chi connectivity index (χ4v) is 3.03. The quantitative estimate of drug-likeness (QED) is 0.588. The highest BCUT2D eigenvalue weighted by Gasteiger charge is 2.29. The number of carbonyl (C=O) groups is 1. The fraction of sp³-hybridized carbons (Fsp3) is 0.571. The van der Waals surface area contributed by atoms with Crippen LogP contribution in [0, 0.1) is 17.8 Å². The van der Waals surface area contributed by atoms with Crippen LogP contribution in [0.5, 0.6) is 0 Å². The van der Waals surface area contributed by atoms with E-state index in [9.17, 15) is 4.79 Å². The Labute approximate surface area is 107 Å². The van der Waals surface area contributed by atoms with Crippen LogP contribution >= 0.6 is 11.6 Å². The molecule has 2 unspecified atom stereocenters. The molecule has 0 aromatic carbocycles. The summed E-state index contributed by atoms with van der Waals surface area (Å²) in [6.07, 6.45) is 4.84. The first kappa shape index (κ1) is 12.6. The third-order valence-corrected chi connectivity index (χ3v) is 3.78. The van der Waals surface area contributed by atoms with E-state index in [1.165, 1.54) is 6.42 Å². The van der Waals surface area contributed by atoms with Gasteiger partial charge in [0.25, 0.3) is 0 Å². The summed E-state index contributed by atoms with van der Waals surface area (Å²) < 4.78 is 0. The van der Waals surface area contributed by atoms with Crippen LogP contribution in [0.25, 0.3) is 0 Å². The van der Waals surface area contributed by atoms with Gasteiger partial charge < -0.3 is 0 Å². The number of halogens is 1. The van der Waals surface area contributed by atoms with Crippen molar-refractivity contribution in [3.05, 3.63) is 29.0 Å². The van der Waals surface area contributed by atoms with Crippen LogP contribution in [0.15, 0.2) is 18.3 Å². The number of ketones is 1. The summed E-state index contributed by atoms with van der Waals surface area (Å²) in [5, 5.41) is 0.437. The van der Waals surface area contributed by atoms with Gasteiger partial charge in [0.15, 0.2) is 5.78 Å². The lowest BCUT2D eigenvalue weighted by molar-refractivity contribution is 0.0836. The predicted molar refractivity (Wildman–Crippen MR) is 69.2 cm³/mol. The molecule has 1 saturated carbocycles. The molecule has 1 aliphatic rings. The molecule has 0 N–H and O–H groups in total. The molecule has 0 aliphatic heterocycles. The monoisotopic (exact) mass is 251 g/mol. The lowest BCUT2D eigenvalue weighted by Crippen LogP contribution is -2.26. The van der Waals surface area contributed by atoms with Gasteiger partial charge >= 0.3 is 0 Å². The van der Waals surface area contributed by atoms with Crippen molar-refractivity contribution >= 4 is 17.4 Å². The van der Waals surface area contributed by atoms with E-state index in [4.69, 9.17) is 11.6 Å². The number of aromatic nitrogens is 1. The van der Waals surface area contributed by atoms with Crippen molar-refractivity contribution in [2.75, 3.05) is 0 Å². The maximum absolute atomic E-state index is 12.3. The molecule has 2 rings (SSSR count). The van der Waals surface area contributed by atoms with Crippen molar-refractivity contribution in [3.63, 3.8) is 0 Å². The van der Waals surface area contributed by atoms with E-state index in [0.29, 0.717) is 22.6 Å². The molecule has 3 heteroatoms. The van der Waals surface area contributed by atoms with Crippen LogP contribution in [0.1, 0.15) is 43.5 Å². The Morgan fingerprint density at radius 3 is 2.41 bits per heavy atom. The summed E-state index contributed by atoms with van der Waals surface area (Å²) in [6.45, 7) is 4.46. The van der Waals surface area contributed by atoms with Gasteiger partial charge in [0, 0.05) is 17.7 Å². The lowest BCUT2D eigenvalue weighted by atomic mass is 9.74. The molecule has 1 aliphatic carbocycles. The molecule has 92 valence electrons. The molecule has 17 heavy (non-hydrogen) atoms. The molecule has 0 spiro atoms. The summed E-state index contributed by atoms with van der Waals surface area (Å²) in [7, 11) is 0. The normalized spacial score (nSPS) is 29.0. The SMILES string of the molecule is CC1CC(C)CC(C(=O)c2ccc(Cl)nc2)C1. The Morgan fingerprint density at radius 2 is 1.88 bits per heavy atom.